The Hall–Kier alpha value is -0.770. The summed E-state index contributed by atoms with van der Waals surface area (Å²) in [5.74, 6) is 1.69. The van der Waals surface area contributed by atoms with Gasteiger partial charge in [0, 0.05) is 23.7 Å². The topological polar surface area (TPSA) is 24.5 Å². The van der Waals surface area contributed by atoms with Gasteiger partial charge in [-0.25, -0.2) is 0 Å². The molecule has 1 aliphatic heterocycles. The maximum absolute atomic E-state index is 6.05. The number of rotatable bonds is 5. The predicted octanol–water partition coefficient (Wildman–Crippen LogP) is 2.39. The van der Waals surface area contributed by atoms with Crippen LogP contribution in [0.2, 0.25) is 5.02 Å². The van der Waals surface area contributed by atoms with Crippen molar-refractivity contribution in [2.24, 2.45) is 5.92 Å². The molecule has 1 saturated heterocycles. The monoisotopic (exact) mass is 268 g/mol. The molecule has 0 spiro atoms. The van der Waals surface area contributed by atoms with Crippen LogP contribution in [0.4, 0.5) is 0 Å². The van der Waals surface area contributed by atoms with Crippen LogP contribution in [0.15, 0.2) is 18.2 Å². The number of hydrogen-bond donors (Lipinski definition) is 1. The number of nitrogens with zero attached hydrogens (tertiary/aromatic N) is 1. The minimum absolute atomic E-state index is 0.764. The number of ether oxygens (including phenoxy) is 1. The minimum atomic E-state index is 0.764. The van der Waals surface area contributed by atoms with Crippen LogP contribution in [0.25, 0.3) is 0 Å². The normalized spacial score (nSPS) is 20.3. The highest BCUT2D eigenvalue weighted by Crippen LogP contribution is 2.26. The Morgan fingerprint density at radius 3 is 3.06 bits per heavy atom. The lowest BCUT2D eigenvalue weighted by molar-refractivity contribution is 0.307. The van der Waals surface area contributed by atoms with Crippen LogP contribution >= 0.6 is 11.6 Å². The molecule has 2 rings (SSSR count). The molecule has 0 aliphatic carbocycles. The summed E-state index contributed by atoms with van der Waals surface area (Å²) in [5.41, 5.74) is 1.18. The molecule has 18 heavy (non-hydrogen) atoms. The number of nitrogens with one attached hydrogen (secondary N) is 1. The first kappa shape index (κ1) is 13.7. The average molecular weight is 269 g/mol. The number of benzene rings is 1. The number of halogens is 1. The van der Waals surface area contributed by atoms with Crippen molar-refractivity contribution in [3.05, 3.63) is 28.8 Å². The van der Waals surface area contributed by atoms with E-state index in [0.717, 1.165) is 42.9 Å². The van der Waals surface area contributed by atoms with Crippen molar-refractivity contribution >= 4 is 11.6 Å². The largest absolute Gasteiger partial charge is 0.496 e. The highest BCUT2D eigenvalue weighted by atomic mass is 35.5. The lowest BCUT2D eigenvalue weighted by Gasteiger charge is -2.18. The van der Waals surface area contributed by atoms with Crippen LogP contribution in [-0.2, 0) is 6.54 Å². The van der Waals surface area contributed by atoms with E-state index in [9.17, 15) is 0 Å². The molecular formula is C14H21ClN2O. The zero-order chi connectivity index (χ0) is 13.0. The van der Waals surface area contributed by atoms with Crippen LogP contribution in [0.1, 0.15) is 12.0 Å². The van der Waals surface area contributed by atoms with Crippen LogP contribution < -0.4 is 10.1 Å². The summed E-state index contributed by atoms with van der Waals surface area (Å²) in [5, 5.41) is 4.03. The first-order valence-electron chi connectivity index (χ1n) is 6.42. The predicted molar refractivity (Wildman–Crippen MR) is 75.3 cm³/mol. The van der Waals surface area contributed by atoms with Gasteiger partial charge in [-0.15, -0.1) is 0 Å². The smallest absolute Gasteiger partial charge is 0.123 e. The summed E-state index contributed by atoms with van der Waals surface area (Å²) in [6, 6.07) is 5.82. The van der Waals surface area contributed by atoms with Gasteiger partial charge < -0.3 is 10.1 Å². The van der Waals surface area contributed by atoms with Crippen molar-refractivity contribution < 1.29 is 4.74 Å². The van der Waals surface area contributed by atoms with E-state index in [1.165, 1.54) is 12.0 Å². The molecule has 0 radical (unpaired) electrons. The van der Waals surface area contributed by atoms with Gasteiger partial charge in [-0.1, -0.05) is 11.6 Å². The zero-order valence-corrected chi connectivity index (χ0v) is 11.8. The second-order valence-electron chi connectivity index (χ2n) is 4.90. The third-order valence-corrected chi connectivity index (χ3v) is 3.73. The zero-order valence-electron chi connectivity index (χ0n) is 11.1. The molecular weight excluding hydrogens is 248 g/mol. The summed E-state index contributed by atoms with van der Waals surface area (Å²) in [6.45, 7) is 4.33. The highest BCUT2D eigenvalue weighted by molar-refractivity contribution is 6.30. The van der Waals surface area contributed by atoms with Crippen molar-refractivity contribution in [1.29, 1.82) is 0 Å². The van der Waals surface area contributed by atoms with Gasteiger partial charge in [0.25, 0.3) is 0 Å². The van der Waals surface area contributed by atoms with E-state index < -0.39 is 0 Å². The fraction of sp³-hybridized carbons (Fsp3) is 0.571. The summed E-state index contributed by atoms with van der Waals surface area (Å²) >= 11 is 6.05. The fourth-order valence-corrected chi connectivity index (χ4v) is 2.82. The Balaban J connectivity index is 1.99. The SMILES string of the molecule is CNCC1CCN(Cc2cc(Cl)ccc2OC)C1. The van der Waals surface area contributed by atoms with Gasteiger partial charge in [-0.3, -0.25) is 4.90 Å². The molecule has 0 amide bonds. The first-order valence-corrected chi connectivity index (χ1v) is 6.80. The molecule has 1 fully saturated rings. The van der Waals surface area contributed by atoms with Crippen LogP contribution in [0.5, 0.6) is 5.75 Å². The molecule has 0 saturated carbocycles. The van der Waals surface area contributed by atoms with Gasteiger partial charge in [0.05, 0.1) is 7.11 Å². The van der Waals surface area contributed by atoms with Crippen molar-refractivity contribution in [2.75, 3.05) is 33.8 Å². The van der Waals surface area contributed by atoms with Crippen LogP contribution in [0, 0.1) is 5.92 Å². The Bertz CT molecular complexity index is 397. The molecule has 1 unspecified atom stereocenters. The van der Waals surface area contributed by atoms with Gasteiger partial charge >= 0.3 is 0 Å². The standard InChI is InChI=1S/C14H21ClN2O/c1-16-8-11-5-6-17(9-11)10-12-7-13(15)3-4-14(12)18-2/h3-4,7,11,16H,5-6,8-10H2,1-2H3. The lowest BCUT2D eigenvalue weighted by atomic mass is 10.1. The number of hydrogen-bond acceptors (Lipinski definition) is 3. The Kier molecular flexibility index (Phi) is 4.87. The van der Waals surface area contributed by atoms with E-state index in [1.54, 1.807) is 7.11 Å². The average Bonchev–Trinajstić information content (AvgIpc) is 2.77. The van der Waals surface area contributed by atoms with Gasteiger partial charge in [0.1, 0.15) is 5.75 Å². The Morgan fingerprint density at radius 1 is 1.50 bits per heavy atom. The molecule has 1 atom stereocenters. The van der Waals surface area contributed by atoms with Crippen LogP contribution in [-0.4, -0.2) is 38.7 Å². The second-order valence-corrected chi connectivity index (χ2v) is 5.34. The Morgan fingerprint density at radius 2 is 2.33 bits per heavy atom. The molecule has 1 aromatic carbocycles. The third-order valence-electron chi connectivity index (χ3n) is 3.50. The van der Waals surface area contributed by atoms with E-state index in [1.807, 2.05) is 25.2 Å². The van der Waals surface area contributed by atoms with E-state index >= 15 is 0 Å². The molecule has 4 heteroatoms. The van der Waals surface area contributed by atoms with Gasteiger partial charge in [0.2, 0.25) is 0 Å². The summed E-state index contributed by atoms with van der Waals surface area (Å²) in [7, 11) is 3.73. The van der Waals surface area contributed by atoms with E-state index in [4.69, 9.17) is 16.3 Å². The fourth-order valence-electron chi connectivity index (χ4n) is 2.62. The maximum Gasteiger partial charge on any atom is 0.123 e. The molecule has 100 valence electrons. The minimum Gasteiger partial charge on any atom is -0.496 e. The maximum atomic E-state index is 6.05. The molecule has 0 bridgehead atoms. The number of likely N-dealkylation sites (tertiary alicyclic amines) is 1. The first-order chi connectivity index (χ1) is 8.72. The van der Waals surface area contributed by atoms with Crippen molar-refractivity contribution in [3.8, 4) is 5.75 Å². The van der Waals surface area contributed by atoms with Gasteiger partial charge in [0.15, 0.2) is 0 Å². The van der Waals surface area contributed by atoms with E-state index in [-0.39, 0.29) is 0 Å². The number of methoxy groups -OCH3 is 1. The van der Waals surface area contributed by atoms with Crippen LogP contribution in [0.3, 0.4) is 0 Å². The van der Waals surface area contributed by atoms with Gasteiger partial charge in [-0.05, 0) is 50.7 Å². The van der Waals surface area contributed by atoms with Crippen molar-refractivity contribution in [3.63, 3.8) is 0 Å². The van der Waals surface area contributed by atoms with Crippen molar-refractivity contribution in [1.82, 2.24) is 10.2 Å². The summed E-state index contributed by atoms with van der Waals surface area (Å²) in [4.78, 5) is 2.47. The van der Waals surface area contributed by atoms with E-state index in [0.29, 0.717) is 0 Å². The molecule has 1 N–H and O–H groups in total. The highest BCUT2D eigenvalue weighted by Gasteiger charge is 2.22. The summed E-state index contributed by atoms with van der Waals surface area (Å²) < 4.78 is 5.39. The Labute approximate surface area is 114 Å². The van der Waals surface area contributed by atoms with E-state index in [2.05, 4.69) is 10.2 Å². The summed E-state index contributed by atoms with van der Waals surface area (Å²) in [6.07, 6.45) is 1.27. The third kappa shape index (κ3) is 3.37. The van der Waals surface area contributed by atoms with Gasteiger partial charge in [-0.2, -0.15) is 0 Å². The molecule has 0 aromatic heterocycles. The quantitative estimate of drug-likeness (QED) is 0.888. The molecule has 1 heterocycles. The lowest BCUT2D eigenvalue weighted by Crippen LogP contribution is -2.24. The van der Waals surface area contributed by atoms with Crippen molar-refractivity contribution in [2.45, 2.75) is 13.0 Å². The molecule has 1 aliphatic rings. The second kappa shape index (κ2) is 6.41. The molecule has 3 nitrogen and oxygen atoms in total. The molecule has 1 aromatic rings.